The zero-order chi connectivity index (χ0) is 15.1. The van der Waals surface area contributed by atoms with Crippen molar-refractivity contribution in [1.29, 1.82) is 0 Å². The lowest BCUT2D eigenvalue weighted by Crippen LogP contribution is -2.41. The van der Waals surface area contributed by atoms with Crippen LogP contribution in [0.2, 0.25) is 0 Å². The van der Waals surface area contributed by atoms with E-state index in [2.05, 4.69) is 9.71 Å². The first-order valence-electron chi connectivity index (χ1n) is 7.07. The lowest BCUT2D eigenvalue weighted by molar-refractivity contribution is 0.0668. The number of rotatable bonds is 3. The summed E-state index contributed by atoms with van der Waals surface area (Å²) in [6, 6.07) is 5.35. The molecule has 1 saturated carbocycles. The van der Waals surface area contributed by atoms with Crippen LogP contribution in [0.4, 0.5) is 0 Å². The SMILES string of the molecule is CS(=O)(=O)NC1CC12CCN(C(=O)c1ccccn1)CC2. The highest BCUT2D eigenvalue weighted by molar-refractivity contribution is 7.88. The first kappa shape index (κ1) is 14.5. The summed E-state index contributed by atoms with van der Waals surface area (Å²) < 4.78 is 25.2. The molecule has 0 aromatic carbocycles. The number of carbonyl (C=O) groups excluding carboxylic acids is 1. The fourth-order valence-electron chi connectivity index (χ4n) is 3.13. The molecule has 1 aromatic heterocycles. The van der Waals surface area contributed by atoms with E-state index in [1.165, 1.54) is 6.26 Å². The normalized spacial score (nSPS) is 24.0. The summed E-state index contributed by atoms with van der Waals surface area (Å²) >= 11 is 0. The Morgan fingerprint density at radius 3 is 2.67 bits per heavy atom. The minimum atomic E-state index is -3.15. The van der Waals surface area contributed by atoms with Crippen LogP contribution in [-0.2, 0) is 10.0 Å². The Kier molecular flexibility index (Phi) is 3.49. The molecule has 1 aliphatic carbocycles. The zero-order valence-corrected chi connectivity index (χ0v) is 12.8. The minimum absolute atomic E-state index is 0.0413. The Hall–Kier alpha value is -1.47. The van der Waals surface area contributed by atoms with Crippen molar-refractivity contribution in [2.45, 2.75) is 25.3 Å². The Bertz CT molecular complexity index is 637. The van der Waals surface area contributed by atoms with Crippen molar-refractivity contribution in [3.63, 3.8) is 0 Å². The van der Waals surface area contributed by atoms with Crippen LogP contribution in [0.15, 0.2) is 24.4 Å². The summed E-state index contributed by atoms with van der Waals surface area (Å²) in [5, 5.41) is 0. The summed E-state index contributed by atoms with van der Waals surface area (Å²) in [5.41, 5.74) is 0.527. The molecule has 1 aliphatic heterocycles. The van der Waals surface area contributed by atoms with Crippen molar-refractivity contribution >= 4 is 15.9 Å². The van der Waals surface area contributed by atoms with Gasteiger partial charge >= 0.3 is 0 Å². The summed E-state index contributed by atoms with van der Waals surface area (Å²) in [6.07, 6.45) is 5.38. The lowest BCUT2D eigenvalue weighted by Gasteiger charge is -2.32. The highest BCUT2D eigenvalue weighted by Gasteiger charge is 2.56. The van der Waals surface area contributed by atoms with Gasteiger partial charge in [0.15, 0.2) is 0 Å². The van der Waals surface area contributed by atoms with E-state index < -0.39 is 10.0 Å². The first-order chi connectivity index (χ1) is 9.90. The molecule has 2 fully saturated rings. The van der Waals surface area contributed by atoms with Crippen LogP contribution in [-0.4, -0.2) is 49.6 Å². The van der Waals surface area contributed by atoms with Crippen molar-refractivity contribution in [3.8, 4) is 0 Å². The number of sulfonamides is 1. The molecule has 6 nitrogen and oxygen atoms in total. The van der Waals surface area contributed by atoms with E-state index in [0.717, 1.165) is 19.3 Å². The summed E-state index contributed by atoms with van der Waals surface area (Å²) in [6.45, 7) is 1.33. The van der Waals surface area contributed by atoms with Gasteiger partial charge in [-0.15, -0.1) is 0 Å². The Balaban J connectivity index is 1.58. The molecule has 1 atom stereocenters. The minimum Gasteiger partial charge on any atom is -0.337 e. The van der Waals surface area contributed by atoms with Crippen molar-refractivity contribution < 1.29 is 13.2 Å². The van der Waals surface area contributed by atoms with Crippen LogP contribution in [0.1, 0.15) is 29.8 Å². The van der Waals surface area contributed by atoms with E-state index in [1.807, 2.05) is 4.90 Å². The zero-order valence-electron chi connectivity index (χ0n) is 11.9. The largest absolute Gasteiger partial charge is 0.337 e. The summed E-state index contributed by atoms with van der Waals surface area (Å²) in [4.78, 5) is 18.2. The first-order valence-corrected chi connectivity index (χ1v) is 8.96. The van der Waals surface area contributed by atoms with Crippen LogP contribution in [0.25, 0.3) is 0 Å². The number of hydrogen-bond acceptors (Lipinski definition) is 4. The van der Waals surface area contributed by atoms with E-state index in [9.17, 15) is 13.2 Å². The molecule has 1 saturated heterocycles. The number of nitrogens with one attached hydrogen (secondary N) is 1. The maximum absolute atomic E-state index is 12.3. The highest BCUT2D eigenvalue weighted by Crippen LogP contribution is 2.54. The van der Waals surface area contributed by atoms with Gasteiger partial charge in [0, 0.05) is 25.3 Å². The maximum atomic E-state index is 12.3. The number of aromatic nitrogens is 1. The van der Waals surface area contributed by atoms with Crippen LogP contribution >= 0.6 is 0 Å². The van der Waals surface area contributed by atoms with Gasteiger partial charge < -0.3 is 4.90 Å². The standard InChI is InChI=1S/C14H19N3O3S/c1-21(19,20)16-12-10-14(12)5-8-17(9-6-14)13(18)11-4-2-3-7-15-11/h2-4,7,12,16H,5-6,8-10H2,1H3. The Morgan fingerprint density at radius 1 is 1.38 bits per heavy atom. The van der Waals surface area contributed by atoms with E-state index in [-0.39, 0.29) is 17.4 Å². The maximum Gasteiger partial charge on any atom is 0.272 e. The smallest absolute Gasteiger partial charge is 0.272 e. The molecule has 3 rings (SSSR count). The molecular weight excluding hydrogens is 290 g/mol. The molecule has 0 radical (unpaired) electrons. The fraction of sp³-hybridized carbons (Fsp3) is 0.571. The number of likely N-dealkylation sites (tertiary alicyclic amines) is 1. The second-order valence-electron chi connectivity index (χ2n) is 6.02. The Labute approximate surface area is 124 Å². The number of nitrogens with zero attached hydrogens (tertiary/aromatic N) is 2. The third kappa shape index (κ3) is 3.08. The molecule has 2 aliphatic rings. The highest BCUT2D eigenvalue weighted by atomic mass is 32.2. The fourth-order valence-corrected chi connectivity index (χ4v) is 3.98. The van der Waals surface area contributed by atoms with Gasteiger partial charge in [-0.1, -0.05) is 6.07 Å². The molecule has 2 heterocycles. The van der Waals surface area contributed by atoms with E-state index in [0.29, 0.717) is 18.8 Å². The molecular formula is C14H19N3O3S. The average molecular weight is 309 g/mol. The Morgan fingerprint density at radius 2 is 2.10 bits per heavy atom. The topological polar surface area (TPSA) is 79.4 Å². The van der Waals surface area contributed by atoms with E-state index in [1.54, 1.807) is 24.4 Å². The number of pyridine rings is 1. The van der Waals surface area contributed by atoms with E-state index in [4.69, 9.17) is 0 Å². The molecule has 1 aromatic rings. The molecule has 1 amide bonds. The van der Waals surface area contributed by atoms with E-state index >= 15 is 0 Å². The van der Waals surface area contributed by atoms with Gasteiger partial charge in [-0.3, -0.25) is 9.78 Å². The van der Waals surface area contributed by atoms with Gasteiger partial charge in [0.05, 0.1) is 6.26 Å². The number of carbonyl (C=O) groups is 1. The number of amides is 1. The van der Waals surface area contributed by atoms with Crippen molar-refractivity contribution in [3.05, 3.63) is 30.1 Å². The van der Waals surface area contributed by atoms with Crippen molar-refractivity contribution in [2.24, 2.45) is 5.41 Å². The molecule has 21 heavy (non-hydrogen) atoms. The average Bonchev–Trinajstić information content (AvgIpc) is 3.09. The summed E-state index contributed by atoms with van der Waals surface area (Å²) in [5.74, 6) is -0.0428. The van der Waals surface area contributed by atoms with Gasteiger partial charge in [0.2, 0.25) is 10.0 Å². The molecule has 1 spiro atoms. The molecule has 1 unspecified atom stereocenters. The van der Waals surface area contributed by atoms with Crippen LogP contribution in [0, 0.1) is 5.41 Å². The third-order valence-corrected chi connectivity index (χ3v) is 5.19. The predicted molar refractivity (Wildman–Crippen MR) is 78.2 cm³/mol. The summed E-state index contributed by atoms with van der Waals surface area (Å²) in [7, 11) is -3.15. The molecule has 7 heteroatoms. The van der Waals surface area contributed by atoms with Gasteiger partial charge in [-0.25, -0.2) is 13.1 Å². The van der Waals surface area contributed by atoms with Crippen LogP contribution in [0.3, 0.4) is 0 Å². The van der Waals surface area contributed by atoms with Crippen molar-refractivity contribution in [1.82, 2.24) is 14.6 Å². The van der Waals surface area contributed by atoms with Crippen LogP contribution in [0.5, 0.6) is 0 Å². The monoisotopic (exact) mass is 309 g/mol. The number of piperidine rings is 1. The lowest BCUT2D eigenvalue weighted by atomic mass is 9.92. The number of hydrogen-bond donors (Lipinski definition) is 1. The van der Waals surface area contributed by atoms with Crippen molar-refractivity contribution in [2.75, 3.05) is 19.3 Å². The third-order valence-electron chi connectivity index (χ3n) is 4.48. The quantitative estimate of drug-likeness (QED) is 0.888. The van der Waals surface area contributed by atoms with Gasteiger partial charge in [-0.05, 0) is 36.8 Å². The second-order valence-corrected chi connectivity index (χ2v) is 7.80. The second kappa shape index (κ2) is 5.06. The molecule has 1 N–H and O–H groups in total. The van der Waals surface area contributed by atoms with Crippen LogP contribution < -0.4 is 4.72 Å². The van der Waals surface area contributed by atoms with Gasteiger partial charge in [0.1, 0.15) is 5.69 Å². The molecule has 114 valence electrons. The molecule has 0 bridgehead atoms. The van der Waals surface area contributed by atoms with Gasteiger partial charge in [0.25, 0.3) is 5.91 Å². The predicted octanol–water partition coefficient (Wildman–Crippen LogP) is 0.625. The van der Waals surface area contributed by atoms with Gasteiger partial charge in [-0.2, -0.15) is 0 Å².